The van der Waals surface area contributed by atoms with Crippen LogP contribution in [-0.4, -0.2) is 19.8 Å². The summed E-state index contributed by atoms with van der Waals surface area (Å²) in [6.45, 7) is 4.93. The van der Waals surface area contributed by atoms with Gasteiger partial charge in [-0.15, -0.1) is 0 Å². The van der Waals surface area contributed by atoms with Gasteiger partial charge in [-0.05, 0) is 31.2 Å². The predicted molar refractivity (Wildman–Crippen MR) is 72.1 cm³/mol. The van der Waals surface area contributed by atoms with E-state index in [4.69, 9.17) is 4.74 Å². The number of rotatable bonds is 6. The summed E-state index contributed by atoms with van der Waals surface area (Å²) in [4.78, 5) is 0. The van der Waals surface area contributed by atoms with E-state index in [0.717, 1.165) is 6.07 Å². The topological polar surface area (TPSA) is 21.3 Å². The molecule has 0 amide bonds. The van der Waals surface area contributed by atoms with Crippen molar-refractivity contribution in [2.24, 2.45) is 0 Å². The molecule has 1 rings (SSSR count). The van der Waals surface area contributed by atoms with Crippen molar-refractivity contribution in [1.82, 2.24) is 5.32 Å². The molecule has 0 heterocycles. The predicted octanol–water partition coefficient (Wildman–Crippen LogP) is 4.16. The Hall–Kier alpha value is -0.590. The number of benzene rings is 1. The van der Waals surface area contributed by atoms with Crippen molar-refractivity contribution < 1.29 is 17.9 Å². The molecule has 1 atom stereocenters. The number of hydrogen-bond acceptors (Lipinski definition) is 2. The van der Waals surface area contributed by atoms with E-state index in [1.165, 1.54) is 6.07 Å². The average molecular weight is 340 g/mol. The Morgan fingerprint density at radius 3 is 2.53 bits per heavy atom. The van der Waals surface area contributed by atoms with E-state index in [1.54, 1.807) is 6.07 Å². The van der Waals surface area contributed by atoms with Gasteiger partial charge < -0.3 is 10.1 Å². The summed E-state index contributed by atoms with van der Waals surface area (Å²) in [6, 6.07) is 3.74. The van der Waals surface area contributed by atoms with Crippen LogP contribution in [0, 0.1) is 0 Å². The molecular formula is C13H17BrF3NO. The van der Waals surface area contributed by atoms with Gasteiger partial charge in [-0.2, -0.15) is 13.2 Å². The first kappa shape index (κ1) is 16.5. The Morgan fingerprint density at radius 1 is 1.32 bits per heavy atom. The highest BCUT2D eigenvalue weighted by molar-refractivity contribution is 9.10. The van der Waals surface area contributed by atoms with E-state index in [0.29, 0.717) is 17.6 Å². The zero-order valence-electron chi connectivity index (χ0n) is 10.9. The maximum atomic E-state index is 13.1. The Labute approximate surface area is 119 Å². The third kappa shape index (κ3) is 4.78. The van der Waals surface area contributed by atoms with E-state index in [2.05, 4.69) is 21.2 Å². The minimum absolute atomic E-state index is 0.214. The molecule has 0 saturated carbocycles. The van der Waals surface area contributed by atoms with Gasteiger partial charge >= 0.3 is 6.18 Å². The number of likely N-dealkylation sites (N-methyl/N-ethyl adjacent to an activating group) is 1. The Bertz CT molecular complexity index is 409. The molecule has 2 nitrogen and oxygen atoms in total. The third-order valence-corrected chi connectivity index (χ3v) is 3.13. The van der Waals surface area contributed by atoms with Gasteiger partial charge in [0.25, 0.3) is 0 Å². The van der Waals surface area contributed by atoms with Gasteiger partial charge in [-0.1, -0.05) is 28.9 Å². The molecule has 0 fully saturated rings. The second-order valence-corrected chi connectivity index (χ2v) is 4.91. The minimum atomic E-state index is -4.38. The number of halogens is 4. The molecule has 0 spiro atoms. The highest BCUT2D eigenvalue weighted by atomic mass is 79.9. The lowest BCUT2D eigenvalue weighted by Crippen LogP contribution is -2.28. The number of alkyl halides is 3. The molecule has 6 heteroatoms. The van der Waals surface area contributed by atoms with Crippen LogP contribution in [0.1, 0.15) is 31.0 Å². The van der Waals surface area contributed by atoms with Crippen molar-refractivity contribution in [3.8, 4) is 0 Å². The smallest absolute Gasteiger partial charge is 0.380 e. The first-order valence-electron chi connectivity index (χ1n) is 6.07. The average Bonchev–Trinajstić information content (AvgIpc) is 2.33. The molecule has 108 valence electrons. The standard InChI is InChI=1S/C13H17BrF3NO/c1-3-18-12(8-19-4-2)10-6-5-9(14)7-11(10)13(15,16)17/h5-7,12,18H,3-4,8H2,1-2H3. The van der Waals surface area contributed by atoms with E-state index < -0.39 is 17.8 Å². The molecule has 0 aliphatic heterocycles. The van der Waals surface area contributed by atoms with Crippen LogP contribution in [0.5, 0.6) is 0 Å². The van der Waals surface area contributed by atoms with Crippen molar-refractivity contribution in [3.05, 3.63) is 33.8 Å². The van der Waals surface area contributed by atoms with Gasteiger partial charge in [-0.3, -0.25) is 0 Å². The molecule has 0 aliphatic rings. The van der Waals surface area contributed by atoms with Gasteiger partial charge in [0.1, 0.15) is 0 Å². The molecule has 0 bridgehead atoms. The fraction of sp³-hybridized carbons (Fsp3) is 0.538. The van der Waals surface area contributed by atoms with Crippen molar-refractivity contribution in [2.45, 2.75) is 26.1 Å². The summed E-state index contributed by atoms with van der Waals surface area (Å²) in [5.74, 6) is 0. The molecule has 1 N–H and O–H groups in total. The molecule has 1 unspecified atom stereocenters. The molecule has 0 aliphatic carbocycles. The van der Waals surface area contributed by atoms with Crippen LogP contribution in [0.15, 0.2) is 22.7 Å². The first-order chi connectivity index (χ1) is 8.90. The lowest BCUT2D eigenvalue weighted by Gasteiger charge is -2.22. The normalized spacial score (nSPS) is 13.6. The summed E-state index contributed by atoms with van der Waals surface area (Å²) in [5.41, 5.74) is -0.418. The van der Waals surface area contributed by atoms with Gasteiger partial charge in [0.2, 0.25) is 0 Å². The van der Waals surface area contributed by atoms with Crippen molar-refractivity contribution in [3.63, 3.8) is 0 Å². The number of nitrogens with one attached hydrogen (secondary N) is 1. The lowest BCUT2D eigenvalue weighted by molar-refractivity contribution is -0.138. The molecule has 1 aromatic carbocycles. The third-order valence-electron chi connectivity index (χ3n) is 2.64. The van der Waals surface area contributed by atoms with Crippen LogP contribution in [0.3, 0.4) is 0 Å². The van der Waals surface area contributed by atoms with Crippen LogP contribution >= 0.6 is 15.9 Å². The Kier molecular flexibility index (Phi) is 6.29. The van der Waals surface area contributed by atoms with E-state index in [-0.39, 0.29) is 12.2 Å². The fourth-order valence-corrected chi connectivity index (χ4v) is 2.18. The van der Waals surface area contributed by atoms with Gasteiger partial charge in [0, 0.05) is 11.1 Å². The summed E-state index contributed by atoms with van der Waals surface area (Å²) < 4.78 is 44.9. The van der Waals surface area contributed by atoms with Gasteiger partial charge in [-0.25, -0.2) is 0 Å². The zero-order chi connectivity index (χ0) is 14.5. The number of hydrogen-bond donors (Lipinski definition) is 1. The van der Waals surface area contributed by atoms with Crippen molar-refractivity contribution >= 4 is 15.9 Å². The summed E-state index contributed by atoms with van der Waals surface area (Å²) in [5, 5.41) is 3.03. The zero-order valence-corrected chi connectivity index (χ0v) is 12.4. The van der Waals surface area contributed by atoms with Crippen LogP contribution < -0.4 is 5.32 Å². The minimum Gasteiger partial charge on any atom is -0.380 e. The van der Waals surface area contributed by atoms with E-state index in [1.807, 2.05) is 13.8 Å². The maximum Gasteiger partial charge on any atom is 0.416 e. The highest BCUT2D eigenvalue weighted by Gasteiger charge is 2.35. The van der Waals surface area contributed by atoms with Crippen LogP contribution in [-0.2, 0) is 10.9 Å². The molecule has 0 saturated heterocycles. The van der Waals surface area contributed by atoms with Crippen LogP contribution in [0.4, 0.5) is 13.2 Å². The Balaban J connectivity index is 3.14. The lowest BCUT2D eigenvalue weighted by atomic mass is 10.00. The van der Waals surface area contributed by atoms with Gasteiger partial charge in [0.15, 0.2) is 0 Å². The van der Waals surface area contributed by atoms with Crippen molar-refractivity contribution in [2.75, 3.05) is 19.8 Å². The summed E-state index contributed by atoms with van der Waals surface area (Å²) in [6.07, 6.45) is -4.38. The van der Waals surface area contributed by atoms with Crippen LogP contribution in [0.2, 0.25) is 0 Å². The van der Waals surface area contributed by atoms with Gasteiger partial charge in [0.05, 0.1) is 18.2 Å². The van der Waals surface area contributed by atoms with Crippen molar-refractivity contribution in [1.29, 1.82) is 0 Å². The molecule has 0 radical (unpaired) electrons. The highest BCUT2D eigenvalue weighted by Crippen LogP contribution is 2.36. The monoisotopic (exact) mass is 339 g/mol. The largest absolute Gasteiger partial charge is 0.416 e. The SMILES string of the molecule is CCNC(COCC)c1ccc(Br)cc1C(F)(F)F. The maximum absolute atomic E-state index is 13.1. The first-order valence-corrected chi connectivity index (χ1v) is 6.87. The molecular weight excluding hydrogens is 323 g/mol. The number of ether oxygens (including phenoxy) is 1. The van der Waals surface area contributed by atoms with E-state index >= 15 is 0 Å². The molecule has 0 aromatic heterocycles. The molecule has 19 heavy (non-hydrogen) atoms. The summed E-state index contributed by atoms with van der Waals surface area (Å²) in [7, 11) is 0. The second kappa shape index (κ2) is 7.26. The quantitative estimate of drug-likeness (QED) is 0.840. The van der Waals surface area contributed by atoms with Crippen LogP contribution in [0.25, 0.3) is 0 Å². The second-order valence-electron chi connectivity index (χ2n) is 4.00. The molecule has 1 aromatic rings. The summed E-state index contributed by atoms with van der Waals surface area (Å²) >= 11 is 3.08. The van der Waals surface area contributed by atoms with E-state index in [9.17, 15) is 13.2 Å². The fourth-order valence-electron chi connectivity index (χ4n) is 1.82. The Morgan fingerprint density at radius 2 is 2.00 bits per heavy atom.